The second-order valence-electron chi connectivity index (χ2n) is 2.45. The van der Waals surface area contributed by atoms with Crippen LogP contribution in [0.5, 0.6) is 0 Å². The van der Waals surface area contributed by atoms with Crippen molar-refractivity contribution in [3.8, 4) is 0 Å². The van der Waals surface area contributed by atoms with Gasteiger partial charge >= 0.3 is 11.9 Å². The first kappa shape index (κ1) is 13.7. The number of carboxylic acids is 2. The Labute approximate surface area is 95.4 Å². The first-order chi connectivity index (χ1) is 6.34. The molecular formula is C7H10O4S3. The summed E-state index contributed by atoms with van der Waals surface area (Å²) in [6, 6.07) is 0. The van der Waals surface area contributed by atoms with Crippen LogP contribution in [0, 0.1) is 0 Å². The third kappa shape index (κ3) is 5.46. The van der Waals surface area contributed by atoms with Gasteiger partial charge in [-0.15, -0.1) is 0 Å². The van der Waals surface area contributed by atoms with E-state index in [2.05, 4.69) is 0 Å². The highest BCUT2D eigenvalue weighted by Crippen LogP contribution is 2.25. The molecule has 0 heterocycles. The van der Waals surface area contributed by atoms with Crippen molar-refractivity contribution < 1.29 is 19.8 Å². The molecule has 7 heteroatoms. The standard InChI is InChI=1S/C7H10O4S3/c1-3(5(8)9)13-7(12)14-4(2)6(10)11/h3-4H,1-2H3,(H,8,9)(H,10,11)/t3-,4-/m1/s1. The maximum atomic E-state index is 10.4. The Hall–Kier alpha value is -0.270. The van der Waals surface area contributed by atoms with E-state index >= 15 is 0 Å². The summed E-state index contributed by atoms with van der Waals surface area (Å²) in [5.74, 6) is -1.91. The summed E-state index contributed by atoms with van der Waals surface area (Å²) >= 11 is 6.81. The number of rotatable bonds is 4. The number of aliphatic carboxylic acids is 2. The highest BCUT2D eigenvalue weighted by molar-refractivity contribution is 8.47. The van der Waals surface area contributed by atoms with Gasteiger partial charge in [0.05, 0.1) is 0 Å². The molecule has 0 aliphatic rings. The lowest BCUT2D eigenvalue weighted by Crippen LogP contribution is -2.16. The molecule has 0 amide bonds. The van der Waals surface area contributed by atoms with Gasteiger partial charge in [-0.25, -0.2) is 0 Å². The Morgan fingerprint density at radius 1 is 1.07 bits per heavy atom. The summed E-state index contributed by atoms with van der Waals surface area (Å²) < 4.78 is 0.342. The molecule has 0 aliphatic carbocycles. The Kier molecular flexibility index (Phi) is 6.14. The molecule has 0 fully saturated rings. The second kappa shape index (κ2) is 6.26. The minimum Gasteiger partial charge on any atom is -0.480 e. The predicted molar refractivity (Wildman–Crippen MR) is 62.0 cm³/mol. The van der Waals surface area contributed by atoms with E-state index in [0.717, 1.165) is 23.5 Å². The molecule has 2 atom stereocenters. The molecule has 0 radical (unpaired) electrons. The van der Waals surface area contributed by atoms with Crippen LogP contribution in [0.2, 0.25) is 0 Å². The molecule has 0 rings (SSSR count). The number of carbonyl (C=O) groups is 2. The van der Waals surface area contributed by atoms with Crippen molar-refractivity contribution in [1.82, 2.24) is 0 Å². The lowest BCUT2D eigenvalue weighted by Gasteiger charge is -2.08. The third-order valence-electron chi connectivity index (χ3n) is 1.24. The highest BCUT2D eigenvalue weighted by atomic mass is 32.2. The maximum absolute atomic E-state index is 10.4. The topological polar surface area (TPSA) is 74.6 Å². The van der Waals surface area contributed by atoms with Gasteiger partial charge in [0.2, 0.25) is 0 Å². The summed E-state index contributed by atoms with van der Waals surface area (Å²) in [7, 11) is 0. The summed E-state index contributed by atoms with van der Waals surface area (Å²) in [5.41, 5.74) is 0. The largest absolute Gasteiger partial charge is 0.480 e. The lowest BCUT2D eigenvalue weighted by molar-refractivity contribution is -0.137. The van der Waals surface area contributed by atoms with Crippen molar-refractivity contribution in [1.29, 1.82) is 0 Å². The van der Waals surface area contributed by atoms with E-state index in [1.54, 1.807) is 0 Å². The van der Waals surface area contributed by atoms with Gasteiger partial charge in [-0.05, 0) is 13.8 Å². The minimum absolute atomic E-state index is 0.342. The van der Waals surface area contributed by atoms with Crippen molar-refractivity contribution >= 4 is 51.2 Å². The van der Waals surface area contributed by atoms with E-state index in [9.17, 15) is 9.59 Å². The molecule has 0 saturated heterocycles. The molecule has 4 nitrogen and oxygen atoms in total. The summed E-state index contributed by atoms with van der Waals surface area (Å²) in [6.45, 7) is 3.01. The highest BCUT2D eigenvalue weighted by Gasteiger charge is 2.19. The monoisotopic (exact) mass is 254 g/mol. The van der Waals surface area contributed by atoms with Gasteiger partial charge in [-0.1, -0.05) is 35.7 Å². The number of hydrogen-bond acceptors (Lipinski definition) is 5. The van der Waals surface area contributed by atoms with Crippen LogP contribution in [0.15, 0.2) is 0 Å². The molecule has 80 valence electrons. The Morgan fingerprint density at radius 3 is 1.57 bits per heavy atom. The summed E-state index contributed by atoms with van der Waals surface area (Å²) in [6.07, 6.45) is 0. The van der Waals surface area contributed by atoms with Gasteiger partial charge in [0.15, 0.2) is 0 Å². The summed E-state index contributed by atoms with van der Waals surface area (Å²) in [4.78, 5) is 20.9. The molecule has 0 bridgehead atoms. The van der Waals surface area contributed by atoms with Gasteiger partial charge in [-0.3, -0.25) is 9.59 Å². The number of thioether (sulfide) groups is 2. The molecule has 0 aromatic rings. The van der Waals surface area contributed by atoms with Crippen molar-refractivity contribution in [3.05, 3.63) is 0 Å². The van der Waals surface area contributed by atoms with Crippen LogP contribution in [-0.2, 0) is 9.59 Å². The molecule has 2 N–H and O–H groups in total. The van der Waals surface area contributed by atoms with Crippen LogP contribution in [-0.4, -0.2) is 36.2 Å². The molecule has 0 aromatic heterocycles. The Balaban J connectivity index is 3.99. The zero-order chi connectivity index (χ0) is 11.3. The molecule has 0 aliphatic heterocycles. The Morgan fingerprint density at radius 2 is 1.36 bits per heavy atom. The van der Waals surface area contributed by atoms with Gasteiger partial charge in [-0.2, -0.15) is 0 Å². The fourth-order valence-electron chi connectivity index (χ4n) is 0.417. The smallest absolute Gasteiger partial charge is 0.316 e. The SMILES string of the molecule is C[C@@H](SC(=S)S[C@H](C)C(=O)O)C(=O)O. The normalized spacial score (nSPS) is 14.4. The van der Waals surface area contributed by atoms with Crippen molar-refractivity contribution in [2.75, 3.05) is 0 Å². The van der Waals surface area contributed by atoms with E-state index in [1.807, 2.05) is 0 Å². The average molecular weight is 254 g/mol. The molecule has 0 aromatic carbocycles. The van der Waals surface area contributed by atoms with E-state index in [0.29, 0.717) is 3.53 Å². The van der Waals surface area contributed by atoms with E-state index < -0.39 is 22.4 Å². The third-order valence-corrected chi connectivity index (χ3v) is 3.89. The minimum atomic E-state index is -0.957. The zero-order valence-corrected chi connectivity index (χ0v) is 10.0. The van der Waals surface area contributed by atoms with Crippen LogP contribution in [0.25, 0.3) is 0 Å². The first-order valence-corrected chi connectivity index (χ1v) is 5.84. The average Bonchev–Trinajstić information content (AvgIpc) is 2.03. The summed E-state index contributed by atoms with van der Waals surface area (Å²) in [5, 5.41) is 15.9. The van der Waals surface area contributed by atoms with Crippen LogP contribution in [0.4, 0.5) is 0 Å². The molecule has 0 saturated carbocycles. The molecule has 0 spiro atoms. The van der Waals surface area contributed by atoms with E-state index in [1.165, 1.54) is 13.8 Å². The fourth-order valence-corrected chi connectivity index (χ4v) is 3.15. The number of hydrogen-bond donors (Lipinski definition) is 2. The zero-order valence-electron chi connectivity index (χ0n) is 7.59. The van der Waals surface area contributed by atoms with Crippen LogP contribution < -0.4 is 0 Å². The number of thiocarbonyl (C=S) groups is 1. The van der Waals surface area contributed by atoms with Crippen molar-refractivity contribution in [3.63, 3.8) is 0 Å². The van der Waals surface area contributed by atoms with Crippen LogP contribution >= 0.6 is 35.7 Å². The molecular weight excluding hydrogens is 244 g/mol. The fraction of sp³-hybridized carbons (Fsp3) is 0.571. The molecule has 14 heavy (non-hydrogen) atoms. The van der Waals surface area contributed by atoms with Crippen LogP contribution in [0.3, 0.4) is 0 Å². The van der Waals surface area contributed by atoms with E-state index in [-0.39, 0.29) is 0 Å². The van der Waals surface area contributed by atoms with Crippen LogP contribution in [0.1, 0.15) is 13.8 Å². The van der Waals surface area contributed by atoms with Crippen molar-refractivity contribution in [2.24, 2.45) is 0 Å². The van der Waals surface area contributed by atoms with E-state index in [4.69, 9.17) is 22.4 Å². The van der Waals surface area contributed by atoms with Gasteiger partial charge < -0.3 is 10.2 Å². The Bertz CT molecular complexity index is 229. The number of carboxylic acid groups (broad SMARTS) is 2. The van der Waals surface area contributed by atoms with Gasteiger partial charge in [0.25, 0.3) is 0 Å². The van der Waals surface area contributed by atoms with Crippen molar-refractivity contribution in [2.45, 2.75) is 24.3 Å². The van der Waals surface area contributed by atoms with Gasteiger partial charge in [0, 0.05) is 0 Å². The van der Waals surface area contributed by atoms with Gasteiger partial charge in [0.1, 0.15) is 14.0 Å². The first-order valence-electron chi connectivity index (χ1n) is 3.67. The molecule has 0 unspecified atom stereocenters. The quantitative estimate of drug-likeness (QED) is 0.739. The lowest BCUT2D eigenvalue weighted by atomic mass is 10.5. The predicted octanol–water partition coefficient (Wildman–Crippen LogP) is 1.68. The second-order valence-corrected chi connectivity index (χ2v) is 6.33. The maximum Gasteiger partial charge on any atom is 0.316 e.